The van der Waals surface area contributed by atoms with Crippen molar-refractivity contribution in [2.75, 3.05) is 26.4 Å². The van der Waals surface area contributed by atoms with Gasteiger partial charge < -0.3 is 14.8 Å². The zero-order valence-electron chi connectivity index (χ0n) is 11.6. The maximum absolute atomic E-state index is 5.63. The summed E-state index contributed by atoms with van der Waals surface area (Å²) in [5, 5.41) is 3.38. The summed E-state index contributed by atoms with van der Waals surface area (Å²) in [4.78, 5) is 0. The Kier molecular flexibility index (Phi) is 8.26. The fourth-order valence-corrected chi connectivity index (χ4v) is 1.61. The van der Waals surface area contributed by atoms with E-state index in [1.807, 2.05) is 19.1 Å². The number of nitrogens with one attached hydrogen (secondary N) is 1. The number of ether oxygens (including phenoxy) is 2. The molecule has 0 radical (unpaired) electrons. The molecule has 0 aliphatic heterocycles. The minimum absolute atomic E-state index is 0.716. The van der Waals surface area contributed by atoms with Crippen molar-refractivity contribution in [2.45, 2.75) is 33.2 Å². The smallest absolute Gasteiger partial charge is 0.119 e. The van der Waals surface area contributed by atoms with Gasteiger partial charge >= 0.3 is 0 Å². The van der Waals surface area contributed by atoms with Crippen LogP contribution in [0, 0.1) is 0 Å². The van der Waals surface area contributed by atoms with Crippen LogP contribution in [0.4, 0.5) is 0 Å². The van der Waals surface area contributed by atoms with E-state index in [0.29, 0.717) is 6.61 Å². The van der Waals surface area contributed by atoms with E-state index < -0.39 is 0 Å². The van der Waals surface area contributed by atoms with E-state index in [1.54, 1.807) is 0 Å². The fraction of sp³-hybridized carbons (Fsp3) is 0.600. The minimum atomic E-state index is 0.716. The highest BCUT2D eigenvalue weighted by molar-refractivity contribution is 5.27. The van der Waals surface area contributed by atoms with Gasteiger partial charge in [0.1, 0.15) is 5.75 Å². The van der Waals surface area contributed by atoms with Gasteiger partial charge in [0.05, 0.1) is 6.61 Å². The van der Waals surface area contributed by atoms with Crippen LogP contribution < -0.4 is 10.1 Å². The summed E-state index contributed by atoms with van der Waals surface area (Å²) in [6, 6.07) is 8.29. The molecule has 1 aromatic rings. The molecule has 3 heteroatoms. The lowest BCUT2D eigenvalue weighted by Gasteiger charge is -2.08. The first-order chi connectivity index (χ1) is 8.86. The summed E-state index contributed by atoms with van der Waals surface area (Å²) in [7, 11) is 0. The second-order valence-corrected chi connectivity index (χ2v) is 4.22. The molecule has 3 nitrogen and oxygen atoms in total. The molecule has 0 saturated carbocycles. The van der Waals surface area contributed by atoms with Crippen molar-refractivity contribution in [1.29, 1.82) is 0 Å². The van der Waals surface area contributed by atoms with Gasteiger partial charge in [-0.3, -0.25) is 0 Å². The van der Waals surface area contributed by atoms with Crippen LogP contribution in [0.1, 0.15) is 32.3 Å². The van der Waals surface area contributed by atoms with Crippen LogP contribution in [-0.4, -0.2) is 26.4 Å². The van der Waals surface area contributed by atoms with E-state index in [0.717, 1.165) is 38.5 Å². The second kappa shape index (κ2) is 9.92. The Morgan fingerprint density at radius 1 is 1.06 bits per heavy atom. The van der Waals surface area contributed by atoms with Crippen molar-refractivity contribution in [3.8, 4) is 5.75 Å². The van der Waals surface area contributed by atoms with Crippen molar-refractivity contribution in [3.05, 3.63) is 29.8 Å². The molecule has 18 heavy (non-hydrogen) atoms. The van der Waals surface area contributed by atoms with Gasteiger partial charge in [-0.2, -0.15) is 0 Å². The average Bonchev–Trinajstić information content (AvgIpc) is 2.40. The van der Waals surface area contributed by atoms with Crippen LogP contribution in [0.3, 0.4) is 0 Å². The molecule has 102 valence electrons. The van der Waals surface area contributed by atoms with Crippen LogP contribution in [0.25, 0.3) is 0 Å². The van der Waals surface area contributed by atoms with E-state index in [4.69, 9.17) is 9.47 Å². The lowest BCUT2D eigenvalue weighted by molar-refractivity contribution is 0.131. The molecule has 1 aromatic carbocycles. The van der Waals surface area contributed by atoms with Crippen molar-refractivity contribution in [1.82, 2.24) is 5.32 Å². The Hall–Kier alpha value is -1.06. The predicted molar refractivity (Wildman–Crippen MR) is 75.0 cm³/mol. The van der Waals surface area contributed by atoms with Gasteiger partial charge in [0, 0.05) is 26.2 Å². The summed E-state index contributed by atoms with van der Waals surface area (Å²) in [5.74, 6) is 0.936. The highest BCUT2D eigenvalue weighted by Crippen LogP contribution is 2.12. The van der Waals surface area contributed by atoms with E-state index in [2.05, 4.69) is 24.4 Å². The summed E-state index contributed by atoms with van der Waals surface area (Å²) in [6.45, 7) is 8.44. The van der Waals surface area contributed by atoms with Gasteiger partial charge in [-0.05, 0) is 37.6 Å². The predicted octanol–water partition coefficient (Wildman–Crippen LogP) is 2.99. The summed E-state index contributed by atoms with van der Waals surface area (Å²) < 4.78 is 10.9. The van der Waals surface area contributed by atoms with Crippen LogP contribution >= 0.6 is 0 Å². The number of benzene rings is 1. The topological polar surface area (TPSA) is 30.5 Å². The molecule has 0 amide bonds. The van der Waals surface area contributed by atoms with Crippen molar-refractivity contribution < 1.29 is 9.47 Å². The molecule has 1 rings (SSSR count). The molecule has 0 bridgehead atoms. The molecular weight excluding hydrogens is 226 g/mol. The fourth-order valence-electron chi connectivity index (χ4n) is 1.61. The monoisotopic (exact) mass is 251 g/mol. The van der Waals surface area contributed by atoms with Gasteiger partial charge in [-0.15, -0.1) is 0 Å². The quantitative estimate of drug-likeness (QED) is 0.648. The molecule has 0 saturated heterocycles. The van der Waals surface area contributed by atoms with Gasteiger partial charge in [0.15, 0.2) is 0 Å². The van der Waals surface area contributed by atoms with Crippen LogP contribution in [0.2, 0.25) is 0 Å². The van der Waals surface area contributed by atoms with E-state index >= 15 is 0 Å². The Morgan fingerprint density at radius 3 is 2.50 bits per heavy atom. The molecule has 0 heterocycles. The number of rotatable bonds is 10. The zero-order valence-corrected chi connectivity index (χ0v) is 11.6. The first kappa shape index (κ1) is 15.0. The largest absolute Gasteiger partial charge is 0.494 e. The molecular formula is C15H25NO2. The van der Waals surface area contributed by atoms with Crippen LogP contribution in [0.5, 0.6) is 5.75 Å². The molecule has 0 unspecified atom stereocenters. The lowest BCUT2D eigenvalue weighted by Crippen LogP contribution is -2.13. The highest BCUT2D eigenvalue weighted by atomic mass is 16.5. The normalized spacial score (nSPS) is 10.6. The summed E-state index contributed by atoms with van der Waals surface area (Å²) >= 11 is 0. The van der Waals surface area contributed by atoms with Crippen molar-refractivity contribution >= 4 is 0 Å². The van der Waals surface area contributed by atoms with Gasteiger partial charge in [0.25, 0.3) is 0 Å². The minimum Gasteiger partial charge on any atom is -0.494 e. The summed E-state index contributed by atoms with van der Waals surface area (Å²) in [6.07, 6.45) is 2.11. The van der Waals surface area contributed by atoms with Gasteiger partial charge in [-0.25, -0.2) is 0 Å². The van der Waals surface area contributed by atoms with Gasteiger partial charge in [-0.1, -0.05) is 19.1 Å². The van der Waals surface area contributed by atoms with E-state index in [-0.39, 0.29) is 0 Å². The third-order valence-corrected chi connectivity index (χ3v) is 2.59. The number of hydrogen-bond donors (Lipinski definition) is 1. The maximum atomic E-state index is 5.63. The Labute approximate surface area is 110 Å². The summed E-state index contributed by atoms with van der Waals surface area (Å²) in [5.41, 5.74) is 1.30. The number of hydrogen-bond acceptors (Lipinski definition) is 3. The first-order valence-corrected chi connectivity index (χ1v) is 6.87. The Morgan fingerprint density at radius 2 is 1.83 bits per heavy atom. The van der Waals surface area contributed by atoms with E-state index in [1.165, 1.54) is 12.0 Å². The Bertz CT molecular complexity index is 298. The molecule has 0 aliphatic rings. The van der Waals surface area contributed by atoms with E-state index in [9.17, 15) is 0 Å². The third-order valence-electron chi connectivity index (χ3n) is 2.59. The van der Waals surface area contributed by atoms with Gasteiger partial charge in [0.2, 0.25) is 0 Å². The van der Waals surface area contributed by atoms with Crippen molar-refractivity contribution in [2.24, 2.45) is 0 Å². The molecule has 0 aromatic heterocycles. The molecule has 0 aliphatic carbocycles. The Balaban J connectivity index is 2.19. The average molecular weight is 251 g/mol. The van der Waals surface area contributed by atoms with Crippen molar-refractivity contribution in [3.63, 3.8) is 0 Å². The SMILES string of the molecule is CCCNCc1ccc(OCCCOCC)cc1. The third kappa shape index (κ3) is 6.62. The van der Waals surface area contributed by atoms with Crippen LogP contribution in [0.15, 0.2) is 24.3 Å². The maximum Gasteiger partial charge on any atom is 0.119 e. The second-order valence-electron chi connectivity index (χ2n) is 4.22. The molecule has 0 atom stereocenters. The standard InChI is InChI=1S/C15H25NO2/c1-3-10-16-13-14-6-8-15(9-7-14)18-12-5-11-17-4-2/h6-9,16H,3-5,10-13H2,1-2H3. The molecule has 0 fully saturated rings. The zero-order chi connectivity index (χ0) is 13.1. The molecule has 1 N–H and O–H groups in total. The first-order valence-electron chi connectivity index (χ1n) is 6.87. The highest BCUT2D eigenvalue weighted by Gasteiger charge is 1.96. The van der Waals surface area contributed by atoms with Crippen LogP contribution in [-0.2, 0) is 11.3 Å². The lowest BCUT2D eigenvalue weighted by atomic mass is 10.2. The molecule has 0 spiro atoms.